The van der Waals surface area contributed by atoms with Crippen molar-refractivity contribution in [3.8, 4) is 0 Å². The highest BCUT2D eigenvalue weighted by Crippen LogP contribution is 2.36. The molecule has 1 heterocycles. The van der Waals surface area contributed by atoms with Crippen LogP contribution in [0.4, 0.5) is 0 Å². The Morgan fingerprint density at radius 2 is 1.85 bits per heavy atom. The van der Waals surface area contributed by atoms with E-state index in [1.807, 2.05) is 0 Å². The van der Waals surface area contributed by atoms with Crippen LogP contribution in [0, 0.1) is 17.3 Å². The van der Waals surface area contributed by atoms with E-state index in [1.165, 1.54) is 38.8 Å². The second kappa shape index (κ2) is 6.36. The van der Waals surface area contributed by atoms with E-state index < -0.39 is 0 Å². The molecule has 2 fully saturated rings. The summed E-state index contributed by atoms with van der Waals surface area (Å²) in [7, 11) is 0. The van der Waals surface area contributed by atoms with Crippen molar-refractivity contribution in [2.45, 2.75) is 85.4 Å². The van der Waals surface area contributed by atoms with Gasteiger partial charge in [-0.15, -0.1) is 0 Å². The zero-order valence-electron chi connectivity index (χ0n) is 14.6. The molecule has 1 aliphatic carbocycles. The highest BCUT2D eigenvalue weighted by atomic mass is 15.3. The first-order chi connectivity index (χ1) is 9.34. The van der Waals surface area contributed by atoms with Crippen molar-refractivity contribution >= 4 is 0 Å². The molecule has 20 heavy (non-hydrogen) atoms. The molecule has 5 atom stereocenters. The summed E-state index contributed by atoms with van der Waals surface area (Å²) in [6.07, 6.45) is 5.56. The van der Waals surface area contributed by atoms with Gasteiger partial charge in [0.2, 0.25) is 0 Å². The lowest BCUT2D eigenvalue weighted by Gasteiger charge is -2.51. The number of hydrogen-bond donors (Lipinski definition) is 1. The third kappa shape index (κ3) is 3.39. The van der Waals surface area contributed by atoms with Crippen molar-refractivity contribution in [3.63, 3.8) is 0 Å². The van der Waals surface area contributed by atoms with Crippen LogP contribution in [-0.4, -0.2) is 36.1 Å². The molecule has 2 nitrogen and oxygen atoms in total. The van der Waals surface area contributed by atoms with Crippen LogP contribution in [-0.2, 0) is 0 Å². The molecule has 2 rings (SSSR count). The van der Waals surface area contributed by atoms with Gasteiger partial charge in [0.25, 0.3) is 0 Å². The molecule has 0 bridgehead atoms. The van der Waals surface area contributed by atoms with E-state index in [0.717, 1.165) is 23.9 Å². The fourth-order valence-corrected chi connectivity index (χ4v) is 4.21. The van der Waals surface area contributed by atoms with Gasteiger partial charge in [-0.25, -0.2) is 0 Å². The molecule has 0 aromatic heterocycles. The lowest BCUT2D eigenvalue weighted by Crippen LogP contribution is -2.64. The smallest absolute Gasteiger partial charge is 0.0244 e. The summed E-state index contributed by atoms with van der Waals surface area (Å²) < 4.78 is 0. The first kappa shape index (κ1) is 16.3. The van der Waals surface area contributed by atoms with Crippen molar-refractivity contribution in [3.05, 3.63) is 0 Å². The number of piperazine rings is 1. The van der Waals surface area contributed by atoms with Crippen LogP contribution in [0.5, 0.6) is 0 Å². The van der Waals surface area contributed by atoms with Crippen molar-refractivity contribution in [2.24, 2.45) is 17.3 Å². The standard InChI is InChI=1S/C18H36N2/c1-7-15-11-19-17(18(4,5)6)12-20(15)16-10-8-9-13(2)14(16)3/h13-17,19H,7-12H2,1-6H3. The normalized spacial score (nSPS) is 40.8. The summed E-state index contributed by atoms with van der Waals surface area (Å²) in [6.45, 7) is 16.9. The van der Waals surface area contributed by atoms with Gasteiger partial charge < -0.3 is 5.32 Å². The lowest BCUT2D eigenvalue weighted by atomic mass is 9.75. The Bertz CT molecular complexity index is 307. The average Bonchev–Trinajstić information content (AvgIpc) is 2.40. The predicted octanol–water partition coefficient (Wildman–Crippen LogP) is 3.91. The number of nitrogens with zero attached hydrogens (tertiary/aromatic N) is 1. The summed E-state index contributed by atoms with van der Waals surface area (Å²) in [6, 6.07) is 2.19. The number of nitrogens with one attached hydrogen (secondary N) is 1. The van der Waals surface area contributed by atoms with E-state index >= 15 is 0 Å². The summed E-state index contributed by atoms with van der Waals surface area (Å²) in [5.41, 5.74) is 0.362. The van der Waals surface area contributed by atoms with Crippen molar-refractivity contribution in [2.75, 3.05) is 13.1 Å². The zero-order chi connectivity index (χ0) is 14.9. The van der Waals surface area contributed by atoms with Gasteiger partial charge in [0.05, 0.1) is 0 Å². The second-order valence-electron chi connectivity index (χ2n) is 8.42. The van der Waals surface area contributed by atoms with E-state index in [0.29, 0.717) is 11.5 Å². The van der Waals surface area contributed by atoms with Gasteiger partial charge in [-0.05, 0) is 30.1 Å². The summed E-state index contributed by atoms with van der Waals surface area (Å²) in [5.74, 6) is 1.76. The summed E-state index contributed by atoms with van der Waals surface area (Å²) >= 11 is 0. The van der Waals surface area contributed by atoms with Crippen LogP contribution < -0.4 is 5.32 Å². The molecule has 0 aromatic carbocycles. The van der Waals surface area contributed by atoms with Crippen LogP contribution in [0.15, 0.2) is 0 Å². The Kier molecular flexibility index (Phi) is 5.18. The van der Waals surface area contributed by atoms with Crippen LogP contribution in [0.3, 0.4) is 0 Å². The molecule has 0 aromatic rings. The topological polar surface area (TPSA) is 15.3 Å². The predicted molar refractivity (Wildman–Crippen MR) is 88.0 cm³/mol. The summed E-state index contributed by atoms with van der Waals surface area (Å²) in [5, 5.41) is 3.81. The Hall–Kier alpha value is -0.0800. The molecule has 0 radical (unpaired) electrons. The number of rotatable bonds is 2. The van der Waals surface area contributed by atoms with Gasteiger partial charge in [0, 0.05) is 31.2 Å². The Morgan fingerprint density at radius 3 is 2.45 bits per heavy atom. The molecule has 1 saturated carbocycles. The maximum atomic E-state index is 3.81. The summed E-state index contributed by atoms with van der Waals surface area (Å²) in [4.78, 5) is 2.88. The Labute approximate surface area is 126 Å². The Morgan fingerprint density at radius 1 is 1.15 bits per heavy atom. The van der Waals surface area contributed by atoms with Gasteiger partial charge in [0.1, 0.15) is 0 Å². The third-order valence-electron chi connectivity index (χ3n) is 6.07. The van der Waals surface area contributed by atoms with Crippen LogP contribution in [0.25, 0.3) is 0 Å². The van der Waals surface area contributed by atoms with Crippen LogP contribution in [0.1, 0.15) is 67.2 Å². The molecule has 118 valence electrons. The van der Waals surface area contributed by atoms with Gasteiger partial charge in [-0.1, -0.05) is 54.4 Å². The lowest BCUT2D eigenvalue weighted by molar-refractivity contribution is -0.000336. The molecule has 1 saturated heterocycles. The minimum Gasteiger partial charge on any atom is -0.311 e. The fraction of sp³-hybridized carbons (Fsp3) is 1.00. The van der Waals surface area contributed by atoms with E-state index in [2.05, 4.69) is 51.8 Å². The highest BCUT2D eigenvalue weighted by Gasteiger charge is 2.40. The molecule has 1 aliphatic heterocycles. The maximum Gasteiger partial charge on any atom is 0.0244 e. The molecule has 2 aliphatic rings. The zero-order valence-corrected chi connectivity index (χ0v) is 14.6. The van der Waals surface area contributed by atoms with Crippen molar-refractivity contribution in [1.82, 2.24) is 10.2 Å². The molecular formula is C18H36N2. The average molecular weight is 280 g/mol. The fourth-order valence-electron chi connectivity index (χ4n) is 4.21. The largest absolute Gasteiger partial charge is 0.311 e. The van der Waals surface area contributed by atoms with Gasteiger partial charge in [-0.2, -0.15) is 0 Å². The first-order valence-corrected chi connectivity index (χ1v) is 8.83. The van der Waals surface area contributed by atoms with Gasteiger partial charge >= 0.3 is 0 Å². The van der Waals surface area contributed by atoms with Crippen molar-refractivity contribution < 1.29 is 0 Å². The molecule has 0 amide bonds. The monoisotopic (exact) mass is 280 g/mol. The maximum absolute atomic E-state index is 3.81. The minimum absolute atomic E-state index is 0.362. The molecule has 1 N–H and O–H groups in total. The van der Waals surface area contributed by atoms with Gasteiger partial charge in [-0.3, -0.25) is 4.90 Å². The van der Waals surface area contributed by atoms with E-state index in [4.69, 9.17) is 0 Å². The van der Waals surface area contributed by atoms with Crippen LogP contribution in [0.2, 0.25) is 0 Å². The molecule has 0 spiro atoms. The SMILES string of the molecule is CCC1CNC(C(C)(C)C)CN1C1CCCC(C)C1C. The Balaban J connectivity index is 2.12. The number of hydrogen-bond acceptors (Lipinski definition) is 2. The minimum atomic E-state index is 0.362. The third-order valence-corrected chi connectivity index (χ3v) is 6.07. The molecule has 2 heteroatoms. The quantitative estimate of drug-likeness (QED) is 0.825. The van der Waals surface area contributed by atoms with Crippen molar-refractivity contribution in [1.29, 1.82) is 0 Å². The first-order valence-electron chi connectivity index (χ1n) is 8.83. The highest BCUT2D eigenvalue weighted by molar-refractivity contribution is 4.96. The van der Waals surface area contributed by atoms with E-state index in [1.54, 1.807) is 0 Å². The van der Waals surface area contributed by atoms with Crippen LogP contribution >= 0.6 is 0 Å². The molecular weight excluding hydrogens is 244 g/mol. The van der Waals surface area contributed by atoms with E-state index in [9.17, 15) is 0 Å². The second-order valence-corrected chi connectivity index (χ2v) is 8.42. The van der Waals surface area contributed by atoms with Gasteiger partial charge in [0.15, 0.2) is 0 Å². The van der Waals surface area contributed by atoms with E-state index in [-0.39, 0.29) is 0 Å². The molecule has 5 unspecified atom stereocenters.